The molecule has 1 nitrogen and oxygen atoms in total. The Hall–Kier alpha value is -1.11. The monoisotopic (exact) mass is 190 g/mol. The fraction of sp³-hybridized carbons (Fsp3) is 0.462. The van der Waals surface area contributed by atoms with Crippen molar-refractivity contribution in [2.24, 2.45) is 0 Å². The van der Waals surface area contributed by atoms with E-state index < -0.39 is 0 Å². The summed E-state index contributed by atoms with van der Waals surface area (Å²) in [4.78, 5) is 11.6. The average Bonchev–Trinajstić information content (AvgIpc) is 2.18. The van der Waals surface area contributed by atoms with Crippen LogP contribution in [-0.4, -0.2) is 5.78 Å². The lowest BCUT2D eigenvalue weighted by atomic mass is 9.98. The zero-order valence-electron chi connectivity index (χ0n) is 9.21. The van der Waals surface area contributed by atoms with Crippen LogP contribution in [-0.2, 0) is 0 Å². The van der Waals surface area contributed by atoms with Gasteiger partial charge in [0, 0.05) is 12.0 Å². The summed E-state index contributed by atoms with van der Waals surface area (Å²) in [7, 11) is 0. The lowest BCUT2D eigenvalue weighted by Crippen LogP contribution is -1.99. The van der Waals surface area contributed by atoms with Gasteiger partial charge in [-0.1, -0.05) is 39.0 Å². The van der Waals surface area contributed by atoms with Gasteiger partial charge in [0.25, 0.3) is 0 Å². The molecular weight excluding hydrogens is 172 g/mol. The Kier molecular flexibility index (Phi) is 3.87. The van der Waals surface area contributed by atoms with Crippen LogP contribution in [0.1, 0.15) is 55.5 Å². The Morgan fingerprint density at radius 2 is 2.07 bits per heavy atom. The molecule has 1 heteroatoms. The summed E-state index contributed by atoms with van der Waals surface area (Å²) < 4.78 is 0. The van der Waals surface area contributed by atoms with Crippen molar-refractivity contribution in [1.82, 2.24) is 0 Å². The molecule has 14 heavy (non-hydrogen) atoms. The van der Waals surface area contributed by atoms with E-state index in [4.69, 9.17) is 0 Å². The second kappa shape index (κ2) is 4.94. The second-order valence-corrected chi connectivity index (χ2v) is 3.95. The molecule has 0 aromatic heterocycles. The van der Waals surface area contributed by atoms with Crippen molar-refractivity contribution in [3.05, 3.63) is 35.4 Å². The number of carbonyl (C=O) groups is 1. The normalized spacial score (nSPS) is 10.6. The van der Waals surface area contributed by atoms with E-state index in [9.17, 15) is 4.79 Å². The summed E-state index contributed by atoms with van der Waals surface area (Å²) in [6.45, 7) is 6.32. The molecule has 1 aromatic rings. The van der Waals surface area contributed by atoms with Crippen molar-refractivity contribution in [3.63, 3.8) is 0 Å². The van der Waals surface area contributed by atoms with E-state index in [2.05, 4.69) is 19.9 Å². The quantitative estimate of drug-likeness (QED) is 0.660. The zero-order chi connectivity index (χ0) is 10.6. The number of ketones is 1. The number of rotatable bonds is 4. The Labute approximate surface area is 86.1 Å². The standard InChI is InChI=1S/C13H18O/c1-4-6-13(14)12-8-5-7-11(9-12)10(2)3/h5,7-10H,4,6H2,1-3H3. The maximum absolute atomic E-state index is 11.6. The maximum atomic E-state index is 11.6. The van der Waals surface area contributed by atoms with Gasteiger partial charge in [0.2, 0.25) is 0 Å². The molecule has 1 aromatic carbocycles. The van der Waals surface area contributed by atoms with Gasteiger partial charge >= 0.3 is 0 Å². The van der Waals surface area contributed by atoms with Crippen molar-refractivity contribution in [3.8, 4) is 0 Å². The fourth-order valence-electron chi connectivity index (χ4n) is 1.44. The number of Topliss-reactive ketones (excluding diaryl/α,β-unsaturated/α-hetero) is 1. The Morgan fingerprint density at radius 3 is 2.64 bits per heavy atom. The first-order valence-electron chi connectivity index (χ1n) is 5.28. The summed E-state index contributed by atoms with van der Waals surface area (Å²) in [5.74, 6) is 0.749. The molecule has 0 bridgehead atoms. The summed E-state index contributed by atoms with van der Waals surface area (Å²) in [6, 6.07) is 7.97. The van der Waals surface area contributed by atoms with Gasteiger partial charge in [0.05, 0.1) is 0 Å². The van der Waals surface area contributed by atoms with E-state index in [1.54, 1.807) is 0 Å². The van der Waals surface area contributed by atoms with Crippen LogP contribution < -0.4 is 0 Å². The minimum atomic E-state index is 0.259. The molecule has 0 spiro atoms. The van der Waals surface area contributed by atoms with Crippen molar-refractivity contribution in [2.75, 3.05) is 0 Å². The van der Waals surface area contributed by atoms with Crippen LogP contribution in [0, 0.1) is 0 Å². The molecule has 0 aliphatic carbocycles. The van der Waals surface area contributed by atoms with Crippen molar-refractivity contribution in [1.29, 1.82) is 0 Å². The van der Waals surface area contributed by atoms with Crippen LogP contribution in [0.5, 0.6) is 0 Å². The minimum absolute atomic E-state index is 0.259. The minimum Gasteiger partial charge on any atom is -0.294 e. The van der Waals surface area contributed by atoms with Gasteiger partial charge in [-0.2, -0.15) is 0 Å². The van der Waals surface area contributed by atoms with Crippen LogP contribution in [0.3, 0.4) is 0 Å². The molecule has 76 valence electrons. The van der Waals surface area contributed by atoms with Gasteiger partial charge < -0.3 is 0 Å². The van der Waals surface area contributed by atoms with Gasteiger partial charge in [-0.25, -0.2) is 0 Å². The van der Waals surface area contributed by atoms with Crippen LogP contribution in [0.15, 0.2) is 24.3 Å². The highest BCUT2D eigenvalue weighted by Gasteiger charge is 2.06. The highest BCUT2D eigenvalue weighted by atomic mass is 16.1. The number of carbonyl (C=O) groups excluding carboxylic acids is 1. The average molecular weight is 190 g/mol. The zero-order valence-corrected chi connectivity index (χ0v) is 9.21. The molecule has 0 saturated carbocycles. The summed E-state index contributed by atoms with van der Waals surface area (Å²) in [6.07, 6.45) is 1.58. The third-order valence-electron chi connectivity index (χ3n) is 2.35. The lowest BCUT2D eigenvalue weighted by Gasteiger charge is -2.06. The summed E-state index contributed by atoms with van der Waals surface area (Å²) in [5, 5.41) is 0. The summed E-state index contributed by atoms with van der Waals surface area (Å²) in [5.41, 5.74) is 2.10. The van der Waals surface area contributed by atoms with Gasteiger partial charge in [-0.05, 0) is 24.0 Å². The molecule has 1 rings (SSSR count). The van der Waals surface area contributed by atoms with E-state index in [0.717, 1.165) is 12.0 Å². The molecule has 0 aliphatic heterocycles. The summed E-state index contributed by atoms with van der Waals surface area (Å²) >= 11 is 0. The highest BCUT2D eigenvalue weighted by molar-refractivity contribution is 5.96. The van der Waals surface area contributed by atoms with Crippen LogP contribution in [0.25, 0.3) is 0 Å². The van der Waals surface area contributed by atoms with E-state index >= 15 is 0 Å². The Balaban J connectivity index is 2.88. The number of benzene rings is 1. The second-order valence-electron chi connectivity index (χ2n) is 3.95. The largest absolute Gasteiger partial charge is 0.294 e. The molecule has 0 radical (unpaired) electrons. The molecule has 0 saturated heterocycles. The Bertz CT molecular complexity index is 313. The third-order valence-corrected chi connectivity index (χ3v) is 2.35. The number of hydrogen-bond donors (Lipinski definition) is 0. The van der Waals surface area contributed by atoms with E-state index in [0.29, 0.717) is 12.3 Å². The van der Waals surface area contributed by atoms with Crippen LogP contribution in [0.4, 0.5) is 0 Å². The first kappa shape index (κ1) is 11.0. The molecular formula is C13H18O. The van der Waals surface area contributed by atoms with Crippen molar-refractivity contribution in [2.45, 2.75) is 39.5 Å². The Morgan fingerprint density at radius 1 is 1.36 bits per heavy atom. The fourth-order valence-corrected chi connectivity index (χ4v) is 1.44. The third kappa shape index (κ3) is 2.69. The first-order valence-corrected chi connectivity index (χ1v) is 5.28. The molecule has 0 aliphatic rings. The lowest BCUT2D eigenvalue weighted by molar-refractivity contribution is 0.0981. The van der Waals surface area contributed by atoms with E-state index in [-0.39, 0.29) is 5.78 Å². The predicted octanol–water partition coefficient (Wildman–Crippen LogP) is 3.79. The van der Waals surface area contributed by atoms with Crippen LogP contribution >= 0.6 is 0 Å². The highest BCUT2D eigenvalue weighted by Crippen LogP contribution is 2.16. The van der Waals surface area contributed by atoms with Gasteiger partial charge in [-0.3, -0.25) is 4.79 Å². The molecule has 0 fully saturated rings. The number of hydrogen-bond acceptors (Lipinski definition) is 1. The smallest absolute Gasteiger partial charge is 0.162 e. The predicted molar refractivity (Wildman–Crippen MR) is 59.8 cm³/mol. The van der Waals surface area contributed by atoms with Crippen molar-refractivity contribution < 1.29 is 4.79 Å². The van der Waals surface area contributed by atoms with E-state index in [1.165, 1.54) is 5.56 Å². The molecule has 0 unspecified atom stereocenters. The topological polar surface area (TPSA) is 17.1 Å². The first-order chi connectivity index (χ1) is 6.65. The van der Waals surface area contributed by atoms with Gasteiger partial charge in [0.15, 0.2) is 5.78 Å². The molecule has 0 atom stereocenters. The molecule has 0 amide bonds. The van der Waals surface area contributed by atoms with E-state index in [1.807, 2.05) is 25.1 Å². The van der Waals surface area contributed by atoms with Crippen LogP contribution in [0.2, 0.25) is 0 Å². The molecule has 0 heterocycles. The maximum Gasteiger partial charge on any atom is 0.162 e. The van der Waals surface area contributed by atoms with Gasteiger partial charge in [0.1, 0.15) is 0 Å². The molecule has 0 N–H and O–H groups in total. The van der Waals surface area contributed by atoms with Crippen molar-refractivity contribution >= 4 is 5.78 Å². The van der Waals surface area contributed by atoms with Gasteiger partial charge in [-0.15, -0.1) is 0 Å². The SMILES string of the molecule is CCCC(=O)c1cccc(C(C)C)c1.